The Labute approximate surface area is 156 Å². The fourth-order valence-electron chi connectivity index (χ4n) is 2.36. The van der Waals surface area contributed by atoms with Crippen LogP contribution in [0.1, 0.15) is 11.1 Å². The summed E-state index contributed by atoms with van der Waals surface area (Å²) in [4.78, 5) is 18.1. The van der Waals surface area contributed by atoms with Crippen LogP contribution in [0.25, 0.3) is 11.4 Å². The first-order valence-electron chi connectivity index (χ1n) is 8.08. The lowest BCUT2D eigenvalue weighted by atomic mass is 10.1. The van der Waals surface area contributed by atoms with E-state index in [-0.39, 0.29) is 11.7 Å². The number of amides is 1. The Hall–Kier alpha value is -2.87. The molecule has 0 fully saturated rings. The highest BCUT2D eigenvalue weighted by Gasteiger charge is 2.15. The number of hydrogen-bond donors (Lipinski definition) is 1. The summed E-state index contributed by atoms with van der Waals surface area (Å²) in [5, 5.41) is 8.64. The van der Waals surface area contributed by atoms with E-state index in [2.05, 4.69) is 15.2 Å². The molecule has 26 heavy (non-hydrogen) atoms. The highest BCUT2D eigenvalue weighted by molar-refractivity contribution is 7.99. The Morgan fingerprint density at radius 1 is 1.23 bits per heavy atom. The van der Waals surface area contributed by atoms with Crippen LogP contribution in [0.5, 0.6) is 0 Å². The molecule has 8 heteroatoms. The quantitative estimate of drug-likeness (QED) is 0.529. The number of carbonyl (C=O) groups is 1. The van der Waals surface area contributed by atoms with E-state index < -0.39 is 0 Å². The molecular weight excluding hydrogens is 348 g/mol. The van der Waals surface area contributed by atoms with Crippen LogP contribution in [0.2, 0.25) is 0 Å². The van der Waals surface area contributed by atoms with Crippen LogP contribution in [0.3, 0.4) is 0 Å². The minimum absolute atomic E-state index is 0.00139. The van der Waals surface area contributed by atoms with Crippen LogP contribution in [0.4, 0.5) is 0 Å². The van der Waals surface area contributed by atoms with Gasteiger partial charge in [-0.25, -0.2) is 4.68 Å². The molecule has 0 unspecified atom stereocenters. The maximum absolute atomic E-state index is 12.4. The number of aromatic nitrogens is 4. The molecule has 0 aliphatic rings. The molecule has 0 spiro atoms. The molecule has 0 saturated heterocycles. The van der Waals surface area contributed by atoms with Crippen molar-refractivity contribution in [1.82, 2.24) is 24.8 Å². The second-order valence-electron chi connectivity index (χ2n) is 5.94. The summed E-state index contributed by atoms with van der Waals surface area (Å²) in [5.74, 6) is 6.81. The maximum atomic E-state index is 12.4. The molecule has 134 valence electrons. The molecule has 0 radical (unpaired) electrons. The van der Waals surface area contributed by atoms with Gasteiger partial charge in [-0.15, -0.1) is 10.2 Å². The van der Waals surface area contributed by atoms with E-state index in [1.165, 1.54) is 22.0 Å². The monoisotopic (exact) mass is 368 g/mol. The van der Waals surface area contributed by atoms with E-state index in [4.69, 9.17) is 5.84 Å². The third kappa shape index (κ3) is 4.20. The molecule has 7 nitrogen and oxygen atoms in total. The first-order valence-corrected chi connectivity index (χ1v) is 9.06. The van der Waals surface area contributed by atoms with Gasteiger partial charge in [-0.1, -0.05) is 41.6 Å². The van der Waals surface area contributed by atoms with Gasteiger partial charge in [0.15, 0.2) is 5.82 Å². The van der Waals surface area contributed by atoms with Crippen molar-refractivity contribution in [2.45, 2.75) is 18.6 Å². The van der Waals surface area contributed by atoms with Crippen LogP contribution in [-0.2, 0) is 11.3 Å². The average molecular weight is 368 g/mol. The third-order valence-electron chi connectivity index (χ3n) is 3.88. The standard InChI is InChI=1S/C18H20N6OS/c1-13-5-7-14(8-6-13)11-23(2)16(25)12-26-18-22-21-17(24(18)19)15-4-3-9-20-10-15/h3-10H,11-12,19H2,1-2H3. The van der Waals surface area contributed by atoms with Crippen LogP contribution in [0, 0.1) is 6.92 Å². The maximum Gasteiger partial charge on any atom is 0.233 e. The first kappa shape index (κ1) is 17.9. The van der Waals surface area contributed by atoms with E-state index in [1.807, 2.05) is 37.3 Å². The van der Waals surface area contributed by atoms with Gasteiger partial charge < -0.3 is 10.7 Å². The minimum Gasteiger partial charge on any atom is -0.341 e. The number of nitrogens with zero attached hydrogens (tertiary/aromatic N) is 5. The molecule has 3 aromatic rings. The van der Waals surface area contributed by atoms with Gasteiger partial charge in [-0.2, -0.15) is 0 Å². The highest BCUT2D eigenvalue weighted by Crippen LogP contribution is 2.21. The number of thioether (sulfide) groups is 1. The first-order chi connectivity index (χ1) is 12.5. The van der Waals surface area contributed by atoms with Crippen molar-refractivity contribution in [3.63, 3.8) is 0 Å². The van der Waals surface area contributed by atoms with Gasteiger partial charge in [0.05, 0.1) is 5.75 Å². The zero-order valence-electron chi connectivity index (χ0n) is 14.7. The Kier molecular flexibility index (Phi) is 5.52. The lowest BCUT2D eigenvalue weighted by Gasteiger charge is -2.17. The molecule has 0 bridgehead atoms. The van der Waals surface area contributed by atoms with Crippen LogP contribution in [0.15, 0.2) is 53.9 Å². The number of benzene rings is 1. The number of hydrogen-bond acceptors (Lipinski definition) is 6. The van der Waals surface area contributed by atoms with E-state index in [9.17, 15) is 4.79 Å². The smallest absolute Gasteiger partial charge is 0.233 e. The van der Waals surface area contributed by atoms with Gasteiger partial charge in [0, 0.05) is 31.5 Å². The fraction of sp³-hybridized carbons (Fsp3) is 0.222. The zero-order chi connectivity index (χ0) is 18.5. The van der Waals surface area contributed by atoms with Crippen molar-refractivity contribution in [2.24, 2.45) is 0 Å². The van der Waals surface area contributed by atoms with Gasteiger partial charge in [-0.05, 0) is 24.6 Å². The summed E-state index contributed by atoms with van der Waals surface area (Å²) in [5.41, 5.74) is 3.07. The molecular formula is C18H20N6OS. The van der Waals surface area contributed by atoms with Crippen molar-refractivity contribution in [3.8, 4) is 11.4 Å². The minimum atomic E-state index is 0.00139. The van der Waals surface area contributed by atoms with Gasteiger partial charge in [0.2, 0.25) is 11.1 Å². The Balaban J connectivity index is 1.59. The van der Waals surface area contributed by atoms with E-state index in [0.717, 1.165) is 11.1 Å². The zero-order valence-corrected chi connectivity index (χ0v) is 15.5. The molecule has 0 aliphatic heterocycles. The Morgan fingerprint density at radius 2 is 2.00 bits per heavy atom. The second kappa shape index (κ2) is 8.01. The lowest BCUT2D eigenvalue weighted by Crippen LogP contribution is -2.28. The summed E-state index contributed by atoms with van der Waals surface area (Å²) in [7, 11) is 1.79. The van der Waals surface area contributed by atoms with Crippen LogP contribution < -0.4 is 5.84 Å². The molecule has 3 rings (SSSR count). The Morgan fingerprint density at radius 3 is 2.69 bits per heavy atom. The highest BCUT2D eigenvalue weighted by atomic mass is 32.2. The molecule has 2 heterocycles. The van der Waals surface area contributed by atoms with Gasteiger partial charge in [0.25, 0.3) is 0 Å². The van der Waals surface area contributed by atoms with Crippen LogP contribution >= 0.6 is 11.8 Å². The molecule has 1 amide bonds. The van der Waals surface area contributed by atoms with Crippen molar-refractivity contribution in [1.29, 1.82) is 0 Å². The van der Waals surface area contributed by atoms with E-state index in [1.54, 1.807) is 30.4 Å². The summed E-state index contributed by atoms with van der Waals surface area (Å²) in [6.45, 7) is 2.61. The summed E-state index contributed by atoms with van der Waals surface area (Å²) >= 11 is 1.26. The van der Waals surface area contributed by atoms with Crippen molar-refractivity contribution in [3.05, 3.63) is 59.9 Å². The fourth-order valence-corrected chi connectivity index (χ4v) is 3.16. The van der Waals surface area contributed by atoms with Gasteiger partial charge >= 0.3 is 0 Å². The third-order valence-corrected chi connectivity index (χ3v) is 4.80. The number of aryl methyl sites for hydroxylation is 1. The predicted octanol–water partition coefficient (Wildman–Crippen LogP) is 2.11. The van der Waals surface area contributed by atoms with E-state index in [0.29, 0.717) is 17.5 Å². The Bertz CT molecular complexity index is 878. The number of nitrogen functional groups attached to an aromatic ring is 1. The van der Waals surface area contributed by atoms with E-state index >= 15 is 0 Å². The molecule has 0 atom stereocenters. The summed E-state index contributed by atoms with van der Waals surface area (Å²) in [6.07, 6.45) is 3.35. The normalized spacial score (nSPS) is 10.7. The van der Waals surface area contributed by atoms with Crippen LogP contribution in [-0.4, -0.2) is 43.5 Å². The number of carbonyl (C=O) groups excluding carboxylic acids is 1. The number of rotatable bonds is 6. The molecule has 1 aromatic carbocycles. The summed E-state index contributed by atoms with van der Waals surface area (Å²) in [6, 6.07) is 11.8. The van der Waals surface area contributed by atoms with Crippen molar-refractivity contribution in [2.75, 3.05) is 18.6 Å². The average Bonchev–Trinajstić information content (AvgIpc) is 3.03. The lowest BCUT2D eigenvalue weighted by molar-refractivity contribution is -0.127. The largest absolute Gasteiger partial charge is 0.341 e. The molecule has 2 N–H and O–H groups in total. The van der Waals surface area contributed by atoms with Gasteiger partial charge in [0.1, 0.15) is 0 Å². The summed E-state index contributed by atoms with van der Waals surface area (Å²) < 4.78 is 1.38. The second-order valence-corrected chi connectivity index (χ2v) is 6.88. The van der Waals surface area contributed by atoms with Crippen molar-refractivity contribution >= 4 is 17.7 Å². The molecule has 0 aliphatic carbocycles. The number of nitrogens with two attached hydrogens (primary N) is 1. The van der Waals surface area contributed by atoms with Crippen molar-refractivity contribution < 1.29 is 4.79 Å². The topological polar surface area (TPSA) is 89.9 Å². The molecule has 0 saturated carbocycles. The number of pyridine rings is 1. The van der Waals surface area contributed by atoms with Gasteiger partial charge in [-0.3, -0.25) is 9.78 Å². The predicted molar refractivity (Wildman–Crippen MR) is 102 cm³/mol. The SMILES string of the molecule is Cc1ccc(CN(C)C(=O)CSc2nnc(-c3cccnc3)n2N)cc1. The molecule has 2 aromatic heterocycles.